The lowest BCUT2D eigenvalue weighted by atomic mass is 9.74. The lowest BCUT2D eigenvalue weighted by Gasteiger charge is -2.22. The number of fused-ring (bicyclic) bond motifs is 3. The number of hydrogen-bond donors (Lipinski definition) is 0. The first-order chi connectivity index (χ1) is 7.87. The lowest BCUT2D eigenvalue weighted by Crippen LogP contribution is -2.35. The third kappa shape index (κ3) is 0.593. The summed E-state index contributed by atoms with van der Waals surface area (Å²) in [5, 5.41) is 0. The highest BCUT2D eigenvalue weighted by Crippen LogP contribution is 2.75. The molecular weight excluding hydrogens is 200 g/mol. The van der Waals surface area contributed by atoms with Crippen molar-refractivity contribution in [1.82, 2.24) is 0 Å². The molecule has 4 atom stereocenters. The van der Waals surface area contributed by atoms with Crippen LogP contribution in [0.2, 0.25) is 0 Å². The summed E-state index contributed by atoms with van der Waals surface area (Å²) in [5.74, 6) is 0. The van der Waals surface area contributed by atoms with Crippen LogP contribution in [-0.4, -0.2) is 11.2 Å². The van der Waals surface area contributed by atoms with Gasteiger partial charge < -0.3 is 9.47 Å². The molecule has 0 radical (unpaired) electrons. The number of allylic oxidation sites excluding steroid dienone is 2. The number of epoxide rings is 2. The predicted octanol–water partition coefficient (Wildman–Crippen LogP) is 2.45. The first kappa shape index (κ1) is 7.82. The summed E-state index contributed by atoms with van der Waals surface area (Å²) in [7, 11) is 0. The van der Waals surface area contributed by atoms with Crippen molar-refractivity contribution < 1.29 is 9.47 Å². The van der Waals surface area contributed by atoms with Gasteiger partial charge in [0, 0.05) is 0 Å². The lowest BCUT2D eigenvalue weighted by molar-refractivity contribution is 0.220. The largest absolute Gasteiger partial charge is 0.353 e. The van der Waals surface area contributed by atoms with Gasteiger partial charge in [-0.3, -0.25) is 0 Å². The van der Waals surface area contributed by atoms with E-state index < -0.39 is 0 Å². The molecule has 0 aromatic heterocycles. The Morgan fingerprint density at radius 3 is 1.81 bits per heavy atom. The quantitative estimate of drug-likeness (QED) is 0.614. The molecular formula is C14H10O2. The van der Waals surface area contributed by atoms with Crippen molar-refractivity contribution in [2.24, 2.45) is 0 Å². The van der Waals surface area contributed by atoms with E-state index in [2.05, 4.69) is 48.6 Å². The van der Waals surface area contributed by atoms with E-state index in [4.69, 9.17) is 9.47 Å². The van der Waals surface area contributed by atoms with Crippen LogP contribution in [-0.2, 0) is 9.47 Å². The van der Waals surface area contributed by atoms with Crippen LogP contribution < -0.4 is 0 Å². The molecule has 2 aliphatic carbocycles. The Labute approximate surface area is 93.2 Å². The molecule has 16 heavy (non-hydrogen) atoms. The molecule has 78 valence electrons. The van der Waals surface area contributed by atoms with Gasteiger partial charge in [0.2, 0.25) is 0 Å². The highest BCUT2D eigenvalue weighted by atomic mass is 16.7. The van der Waals surface area contributed by atoms with Crippen LogP contribution in [0.25, 0.3) is 0 Å². The van der Waals surface area contributed by atoms with Crippen LogP contribution in [0.4, 0.5) is 0 Å². The van der Waals surface area contributed by atoms with Crippen molar-refractivity contribution in [2.45, 2.75) is 23.4 Å². The molecule has 0 N–H and O–H groups in total. The average Bonchev–Trinajstić information content (AvgIpc) is 3.18. The first-order valence-electron chi connectivity index (χ1n) is 5.69. The van der Waals surface area contributed by atoms with Crippen LogP contribution >= 0.6 is 0 Å². The molecule has 2 aliphatic heterocycles. The zero-order chi connectivity index (χ0) is 10.4. The fraction of sp³-hybridized carbons (Fsp3) is 0.286. The Morgan fingerprint density at radius 2 is 1.31 bits per heavy atom. The molecule has 1 aromatic carbocycles. The van der Waals surface area contributed by atoms with E-state index in [1.807, 2.05) is 0 Å². The van der Waals surface area contributed by atoms with E-state index in [1.54, 1.807) is 0 Å². The number of ether oxygens (including phenoxy) is 2. The van der Waals surface area contributed by atoms with E-state index in [-0.39, 0.29) is 23.4 Å². The molecule has 1 aromatic rings. The molecule has 2 saturated heterocycles. The third-order valence-corrected chi connectivity index (χ3v) is 4.26. The van der Waals surface area contributed by atoms with Gasteiger partial charge in [0.15, 0.2) is 11.2 Å². The molecule has 0 saturated carbocycles. The summed E-state index contributed by atoms with van der Waals surface area (Å²) in [6.07, 6.45) is 8.85. The van der Waals surface area contributed by atoms with Gasteiger partial charge in [0.25, 0.3) is 0 Å². The molecule has 0 amide bonds. The van der Waals surface area contributed by atoms with Crippen molar-refractivity contribution in [3.05, 3.63) is 59.7 Å². The zero-order valence-corrected chi connectivity index (χ0v) is 8.59. The minimum atomic E-state index is -0.194. The minimum absolute atomic E-state index is 0.194. The van der Waals surface area contributed by atoms with Crippen LogP contribution in [0.3, 0.4) is 0 Å². The van der Waals surface area contributed by atoms with Gasteiger partial charge in [-0.25, -0.2) is 0 Å². The predicted molar refractivity (Wildman–Crippen MR) is 57.8 cm³/mol. The fourth-order valence-electron chi connectivity index (χ4n) is 3.40. The van der Waals surface area contributed by atoms with Crippen molar-refractivity contribution >= 4 is 0 Å². The van der Waals surface area contributed by atoms with Crippen LogP contribution in [0, 0.1) is 0 Å². The maximum Gasteiger partial charge on any atom is 0.153 e. The maximum atomic E-state index is 5.98. The monoisotopic (exact) mass is 210 g/mol. The summed E-state index contributed by atoms with van der Waals surface area (Å²) in [4.78, 5) is 0. The maximum absolute atomic E-state index is 5.98. The normalized spacial score (nSPS) is 48.8. The Bertz CT molecular complexity index is 523. The Balaban J connectivity index is 1.82. The third-order valence-electron chi connectivity index (χ3n) is 4.26. The van der Waals surface area contributed by atoms with Gasteiger partial charge in [0.05, 0.1) is 0 Å². The van der Waals surface area contributed by atoms with Crippen LogP contribution in [0.5, 0.6) is 0 Å². The number of hydrogen-bond acceptors (Lipinski definition) is 2. The van der Waals surface area contributed by atoms with Crippen molar-refractivity contribution in [2.75, 3.05) is 0 Å². The van der Waals surface area contributed by atoms with Gasteiger partial charge in [0.1, 0.15) is 12.2 Å². The highest BCUT2D eigenvalue weighted by molar-refractivity contribution is 5.56. The minimum Gasteiger partial charge on any atom is -0.353 e. The molecule has 2 fully saturated rings. The molecule has 2 nitrogen and oxygen atoms in total. The molecule has 2 heterocycles. The Hall–Kier alpha value is -1.38. The van der Waals surface area contributed by atoms with Crippen LogP contribution in [0.1, 0.15) is 23.3 Å². The Kier molecular flexibility index (Phi) is 0.997. The number of rotatable bonds is 0. The molecule has 2 spiro atoms. The molecule has 2 heteroatoms. The second-order valence-corrected chi connectivity index (χ2v) is 4.93. The highest BCUT2D eigenvalue weighted by Gasteiger charge is 2.82. The second-order valence-electron chi connectivity index (χ2n) is 4.93. The van der Waals surface area contributed by atoms with Gasteiger partial charge in [-0.1, -0.05) is 36.4 Å². The molecule has 5 rings (SSSR count). The zero-order valence-electron chi connectivity index (χ0n) is 8.59. The van der Waals surface area contributed by atoms with Crippen molar-refractivity contribution in [1.29, 1.82) is 0 Å². The summed E-state index contributed by atoms with van der Waals surface area (Å²) < 4.78 is 12.0. The van der Waals surface area contributed by atoms with Gasteiger partial charge in [-0.05, 0) is 23.3 Å². The average molecular weight is 210 g/mol. The first-order valence-corrected chi connectivity index (χ1v) is 5.69. The van der Waals surface area contributed by atoms with E-state index in [1.165, 1.54) is 11.1 Å². The van der Waals surface area contributed by atoms with E-state index in [0.29, 0.717) is 0 Å². The fourth-order valence-corrected chi connectivity index (χ4v) is 3.40. The van der Waals surface area contributed by atoms with Gasteiger partial charge >= 0.3 is 0 Å². The number of benzene rings is 1. The molecule has 4 aliphatic rings. The van der Waals surface area contributed by atoms with Gasteiger partial charge in [-0.15, -0.1) is 0 Å². The topological polar surface area (TPSA) is 25.1 Å². The van der Waals surface area contributed by atoms with Crippen LogP contribution in [0.15, 0.2) is 48.6 Å². The summed E-state index contributed by atoms with van der Waals surface area (Å²) in [6.45, 7) is 0. The van der Waals surface area contributed by atoms with Gasteiger partial charge in [-0.2, -0.15) is 0 Å². The second kappa shape index (κ2) is 2.04. The summed E-state index contributed by atoms with van der Waals surface area (Å²) >= 11 is 0. The van der Waals surface area contributed by atoms with Crippen molar-refractivity contribution in [3.63, 3.8) is 0 Å². The standard InChI is InChI=1S/C14H10O2/c1-2-6-10-9(5-1)11-13(15-11)7-3-4-8-14(13)12(10)16-14/h1-8,11-12H. The summed E-state index contributed by atoms with van der Waals surface area (Å²) in [5.41, 5.74) is 2.22. The molecule has 0 bridgehead atoms. The molecule has 4 unspecified atom stereocenters. The Morgan fingerprint density at radius 1 is 0.812 bits per heavy atom. The summed E-state index contributed by atoms with van der Waals surface area (Å²) in [6, 6.07) is 8.47. The van der Waals surface area contributed by atoms with E-state index in [9.17, 15) is 0 Å². The van der Waals surface area contributed by atoms with Crippen molar-refractivity contribution in [3.8, 4) is 0 Å². The smallest absolute Gasteiger partial charge is 0.153 e. The van der Waals surface area contributed by atoms with E-state index >= 15 is 0 Å². The van der Waals surface area contributed by atoms with E-state index in [0.717, 1.165) is 0 Å². The SMILES string of the molecule is C1=CC23OC2c2ccccc2C2OC23C=C1.